The first-order chi connectivity index (χ1) is 13.0. The van der Waals surface area contributed by atoms with Crippen LogP contribution in [0.3, 0.4) is 0 Å². The van der Waals surface area contributed by atoms with Crippen LogP contribution in [0.1, 0.15) is 29.8 Å². The van der Waals surface area contributed by atoms with Gasteiger partial charge in [0.2, 0.25) is 0 Å². The van der Waals surface area contributed by atoms with Crippen molar-refractivity contribution in [2.75, 3.05) is 33.3 Å². The van der Waals surface area contributed by atoms with E-state index in [4.69, 9.17) is 4.74 Å². The van der Waals surface area contributed by atoms with Crippen molar-refractivity contribution >= 4 is 0 Å². The number of likely N-dealkylation sites (tertiary alicyclic amines) is 2. The monoisotopic (exact) mass is 369 g/mol. The SMILES string of the molecule is Cc1cc(CN2CC3(C[C@@H](COCc4cccnc4)CCN3C)C2)n(C)n1. The van der Waals surface area contributed by atoms with Crippen molar-refractivity contribution in [1.29, 1.82) is 0 Å². The summed E-state index contributed by atoms with van der Waals surface area (Å²) in [6, 6.07) is 6.24. The largest absolute Gasteiger partial charge is 0.376 e. The minimum Gasteiger partial charge on any atom is -0.376 e. The van der Waals surface area contributed by atoms with Crippen LogP contribution in [0.25, 0.3) is 0 Å². The molecule has 146 valence electrons. The number of rotatable bonds is 6. The molecule has 0 aromatic carbocycles. The highest BCUT2D eigenvalue weighted by molar-refractivity contribution is 5.12. The lowest BCUT2D eigenvalue weighted by atomic mass is 9.75. The van der Waals surface area contributed by atoms with Crippen LogP contribution in [-0.2, 0) is 24.9 Å². The average Bonchev–Trinajstić information content (AvgIpc) is 2.94. The smallest absolute Gasteiger partial charge is 0.0731 e. The first-order valence-corrected chi connectivity index (χ1v) is 9.94. The van der Waals surface area contributed by atoms with E-state index in [-0.39, 0.29) is 0 Å². The Morgan fingerprint density at radius 2 is 2.15 bits per heavy atom. The van der Waals surface area contributed by atoms with Crippen LogP contribution in [-0.4, -0.2) is 63.4 Å². The lowest BCUT2D eigenvalue weighted by Gasteiger charge is -2.58. The van der Waals surface area contributed by atoms with E-state index in [2.05, 4.69) is 46.0 Å². The molecule has 6 heteroatoms. The van der Waals surface area contributed by atoms with Gasteiger partial charge in [-0.3, -0.25) is 19.5 Å². The summed E-state index contributed by atoms with van der Waals surface area (Å²) >= 11 is 0. The third-order valence-electron chi connectivity index (χ3n) is 6.22. The number of ether oxygens (including phenoxy) is 1. The van der Waals surface area contributed by atoms with Crippen LogP contribution in [0, 0.1) is 12.8 Å². The van der Waals surface area contributed by atoms with Gasteiger partial charge in [0.25, 0.3) is 0 Å². The Balaban J connectivity index is 1.27. The molecular formula is C21H31N5O. The summed E-state index contributed by atoms with van der Waals surface area (Å²) < 4.78 is 8.03. The van der Waals surface area contributed by atoms with Gasteiger partial charge in [0.1, 0.15) is 0 Å². The number of hydrogen-bond donors (Lipinski definition) is 0. The molecule has 0 unspecified atom stereocenters. The fraction of sp³-hybridized carbons (Fsp3) is 0.619. The number of nitrogens with zero attached hydrogens (tertiary/aromatic N) is 5. The van der Waals surface area contributed by atoms with Crippen molar-refractivity contribution in [3.8, 4) is 0 Å². The summed E-state index contributed by atoms with van der Waals surface area (Å²) in [4.78, 5) is 9.28. The highest BCUT2D eigenvalue weighted by atomic mass is 16.5. The number of aryl methyl sites for hydroxylation is 2. The molecular weight excluding hydrogens is 338 g/mol. The standard InChI is InChI=1S/C21H31N5O/c1-17-9-20(25(3)23-17)12-26-15-21(16-26)10-18(6-8-24(21)2)13-27-14-19-5-4-7-22-11-19/h4-5,7,9,11,18H,6,8,10,12-16H2,1-3H3/t18-/m0/s1. The molecule has 0 N–H and O–H groups in total. The quantitative estimate of drug-likeness (QED) is 0.781. The maximum absolute atomic E-state index is 6.01. The molecule has 2 aromatic rings. The third-order valence-corrected chi connectivity index (χ3v) is 6.22. The van der Waals surface area contributed by atoms with Gasteiger partial charge in [0.05, 0.1) is 18.0 Å². The zero-order valence-electron chi connectivity index (χ0n) is 16.8. The normalized spacial score (nSPS) is 22.9. The molecule has 2 fully saturated rings. The molecule has 6 nitrogen and oxygen atoms in total. The maximum atomic E-state index is 6.01. The summed E-state index contributed by atoms with van der Waals surface area (Å²) in [5, 5.41) is 4.47. The molecule has 2 saturated heterocycles. The van der Waals surface area contributed by atoms with Crippen molar-refractivity contribution in [2.45, 2.75) is 38.5 Å². The number of aromatic nitrogens is 3. The molecule has 2 aliphatic rings. The highest BCUT2D eigenvalue weighted by Gasteiger charge is 2.49. The van der Waals surface area contributed by atoms with E-state index < -0.39 is 0 Å². The Hall–Kier alpha value is -1.76. The van der Waals surface area contributed by atoms with Gasteiger partial charge in [0.15, 0.2) is 0 Å². The van der Waals surface area contributed by atoms with E-state index in [1.165, 1.54) is 25.1 Å². The number of piperidine rings is 1. The van der Waals surface area contributed by atoms with E-state index in [9.17, 15) is 0 Å². The molecule has 2 aliphatic heterocycles. The van der Waals surface area contributed by atoms with E-state index in [0.717, 1.165) is 37.5 Å². The first-order valence-electron chi connectivity index (χ1n) is 9.94. The zero-order valence-corrected chi connectivity index (χ0v) is 16.8. The van der Waals surface area contributed by atoms with Crippen LogP contribution >= 0.6 is 0 Å². The van der Waals surface area contributed by atoms with E-state index >= 15 is 0 Å². The van der Waals surface area contributed by atoms with Gasteiger partial charge in [0, 0.05) is 51.2 Å². The van der Waals surface area contributed by atoms with E-state index in [1.54, 1.807) is 6.20 Å². The molecule has 0 aliphatic carbocycles. The topological polar surface area (TPSA) is 46.4 Å². The Bertz CT molecular complexity index is 753. The number of likely N-dealkylation sites (N-methyl/N-ethyl adjacent to an activating group) is 1. The van der Waals surface area contributed by atoms with Crippen molar-refractivity contribution in [1.82, 2.24) is 24.6 Å². The minimum atomic E-state index is 0.328. The maximum Gasteiger partial charge on any atom is 0.0731 e. The fourth-order valence-corrected chi connectivity index (χ4v) is 4.69. The molecule has 1 atom stereocenters. The zero-order chi connectivity index (χ0) is 18.9. The summed E-state index contributed by atoms with van der Waals surface area (Å²) in [6.07, 6.45) is 6.16. The molecule has 4 rings (SSSR count). The molecule has 2 aromatic heterocycles. The molecule has 4 heterocycles. The van der Waals surface area contributed by atoms with Crippen molar-refractivity contribution in [2.24, 2.45) is 13.0 Å². The predicted molar refractivity (Wildman–Crippen MR) is 105 cm³/mol. The summed E-state index contributed by atoms with van der Waals surface area (Å²) in [5.74, 6) is 0.652. The van der Waals surface area contributed by atoms with Gasteiger partial charge in [-0.15, -0.1) is 0 Å². The predicted octanol–water partition coefficient (Wildman–Crippen LogP) is 2.24. The number of hydrogen-bond acceptors (Lipinski definition) is 5. The van der Waals surface area contributed by atoms with Gasteiger partial charge in [-0.25, -0.2) is 0 Å². The van der Waals surface area contributed by atoms with Gasteiger partial charge >= 0.3 is 0 Å². The first kappa shape index (κ1) is 18.6. The van der Waals surface area contributed by atoms with Crippen molar-refractivity contribution in [3.05, 3.63) is 47.5 Å². The molecule has 0 amide bonds. The second-order valence-corrected chi connectivity index (χ2v) is 8.43. The van der Waals surface area contributed by atoms with Crippen molar-refractivity contribution in [3.63, 3.8) is 0 Å². The Morgan fingerprint density at radius 3 is 2.85 bits per heavy atom. The summed E-state index contributed by atoms with van der Waals surface area (Å²) in [5.41, 5.74) is 3.88. The Labute approximate surface area is 162 Å². The molecule has 0 saturated carbocycles. The van der Waals surface area contributed by atoms with E-state index in [1.807, 2.05) is 24.0 Å². The van der Waals surface area contributed by atoms with Gasteiger partial charge in [-0.1, -0.05) is 6.07 Å². The average molecular weight is 370 g/mol. The van der Waals surface area contributed by atoms with Crippen LogP contribution in [0.4, 0.5) is 0 Å². The second kappa shape index (κ2) is 7.70. The molecule has 0 bridgehead atoms. The summed E-state index contributed by atoms with van der Waals surface area (Å²) in [7, 11) is 4.33. The van der Waals surface area contributed by atoms with Gasteiger partial charge in [-0.2, -0.15) is 5.10 Å². The third kappa shape index (κ3) is 4.08. The van der Waals surface area contributed by atoms with Gasteiger partial charge in [-0.05, 0) is 57.0 Å². The lowest BCUT2D eigenvalue weighted by molar-refractivity contribution is -0.0941. The highest BCUT2D eigenvalue weighted by Crippen LogP contribution is 2.39. The van der Waals surface area contributed by atoms with Crippen molar-refractivity contribution < 1.29 is 4.74 Å². The van der Waals surface area contributed by atoms with Crippen LogP contribution in [0.2, 0.25) is 0 Å². The van der Waals surface area contributed by atoms with Crippen LogP contribution in [0.15, 0.2) is 30.6 Å². The Morgan fingerprint density at radius 1 is 1.30 bits per heavy atom. The molecule has 1 spiro atoms. The summed E-state index contributed by atoms with van der Waals surface area (Å²) in [6.45, 7) is 8.03. The number of pyridine rings is 1. The van der Waals surface area contributed by atoms with E-state index in [0.29, 0.717) is 18.1 Å². The molecule has 27 heavy (non-hydrogen) atoms. The molecule has 0 radical (unpaired) electrons. The van der Waals surface area contributed by atoms with Crippen LogP contribution in [0.5, 0.6) is 0 Å². The lowest BCUT2D eigenvalue weighted by Crippen LogP contribution is -2.71. The van der Waals surface area contributed by atoms with Gasteiger partial charge < -0.3 is 4.74 Å². The second-order valence-electron chi connectivity index (χ2n) is 8.43. The van der Waals surface area contributed by atoms with Crippen LogP contribution < -0.4 is 0 Å². The Kier molecular flexibility index (Phi) is 5.30. The minimum absolute atomic E-state index is 0.328. The fourth-order valence-electron chi connectivity index (χ4n) is 4.69.